The number of carboxylic acid groups (broad SMARTS) is 2. The molecule has 86 valence electrons. The van der Waals surface area contributed by atoms with Gasteiger partial charge in [0.25, 0.3) is 0 Å². The van der Waals surface area contributed by atoms with Crippen LogP contribution in [0.15, 0.2) is 24.3 Å². The molecule has 0 bridgehead atoms. The molecule has 0 radical (unpaired) electrons. The first-order chi connectivity index (χ1) is 6.99. The van der Waals surface area contributed by atoms with E-state index in [0.717, 1.165) is 0 Å². The van der Waals surface area contributed by atoms with Crippen LogP contribution in [0, 0.1) is 0 Å². The third-order valence-corrected chi connectivity index (χ3v) is 1.33. The van der Waals surface area contributed by atoms with E-state index < -0.39 is 18.5 Å². The van der Waals surface area contributed by atoms with Crippen molar-refractivity contribution >= 4 is 17.6 Å². The minimum atomic E-state index is -1.19. The normalized spacial score (nSPS) is 8.06. The average molecular weight is 261 g/mol. The second kappa shape index (κ2) is 8.90. The van der Waals surface area contributed by atoms with Crippen molar-refractivity contribution in [2.75, 3.05) is 12.3 Å². The number of hydrogen-bond acceptors (Lipinski definition) is 4. The van der Waals surface area contributed by atoms with E-state index >= 15 is 0 Å². The van der Waals surface area contributed by atoms with Gasteiger partial charge in [0.1, 0.15) is 6.61 Å². The van der Waals surface area contributed by atoms with Gasteiger partial charge in [-0.1, -0.05) is 12.1 Å². The number of hydrogen-bond donors (Lipinski definition) is 4. The van der Waals surface area contributed by atoms with Crippen molar-refractivity contribution in [3.8, 4) is 0 Å². The molecule has 0 atom stereocenters. The molecule has 16 heavy (non-hydrogen) atoms. The Kier molecular flexibility index (Phi) is 9.48. The maximum Gasteiger partial charge on any atom is 0.337 e. The molecule has 0 aliphatic carbocycles. The average Bonchev–Trinajstić information content (AvgIpc) is 2.19. The molecule has 0 fully saturated rings. The summed E-state index contributed by atoms with van der Waals surface area (Å²) >= 11 is 0. The summed E-state index contributed by atoms with van der Waals surface area (Å²) in [6, 6.07) is 6.36. The van der Waals surface area contributed by atoms with E-state index in [4.69, 9.17) is 25.8 Å². The van der Waals surface area contributed by atoms with Crippen molar-refractivity contribution < 1.29 is 46.6 Å². The minimum absolute atomic E-state index is 0. The number of aliphatic hydroxyl groups is 1. The second-order valence-electron chi connectivity index (χ2n) is 2.44. The summed E-state index contributed by atoms with van der Waals surface area (Å²) < 4.78 is 0. The predicted molar refractivity (Wildman–Crippen MR) is 52.5 cm³/mol. The van der Waals surface area contributed by atoms with E-state index in [1.807, 2.05) is 0 Å². The monoisotopic (exact) mass is 261 g/mol. The molecule has 0 aliphatic rings. The third-order valence-electron chi connectivity index (χ3n) is 1.33. The molecule has 1 aromatic rings. The van der Waals surface area contributed by atoms with Crippen LogP contribution in [0.3, 0.4) is 0 Å². The van der Waals surface area contributed by atoms with E-state index in [1.165, 1.54) is 6.07 Å². The van der Waals surface area contributed by atoms with Crippen molar-refractivity contribution in [1.82, 2.24) is 0 Å². The first kappa shape index (κ1) is 17.0. The van der Waals surface area contributed by atoms with Gasteiger partial charge in [-0.2, -0.15) is 0 Å². The Balaban J connectivity index is 0. The van der Waals surface area contributed by atoms with E-state index in [1.54, 1.807) is 18.2 Å². The van der Waals surface area contributed by atoms with Gasteiger partial charge in [0.15, 0.2) is 0 Å². The van der Waals surface area contributed by atoms with Gasteiger partial charge in [0, 0.05) is 27.4 Å². The fourth-order valence-electron chi connectivity index (χ4n) is 0.692. The number of nitrogens with two attached hydrogens (primary N) is 1. The Morgan fingerprint density at radius 1 is 1.19 bits per heavy atom. The summed E-state index contributed by atoms with van der Waals surface area (Å²) in [7, 11) is 0. The van der Waals surface area contributed by atoms with Crippen LogP contribution >= 0.6 is 0 Å². The van der Waals surface area contributed by atoms with E-state index in [0.29, 0.717) is 5.69 Å². The van der Waals surface area contributed by atoms with E-state index in [2.05, 4.69) is 0 Å². The molecule has 1 rings (SSSR count). The smallest absolute Gasteiger partial charge is 0.337 e. The number of benzene rings is 1. The molecule has 0 aromatic heterocycles. The number of carbonyl (C=O) groups is 2. The van der Waals surface area contributed by atoms with Gasteiger partial charge in [0.2, 0.25) is 0 Å². The van der Waals surface area contributed by atoms with Crippen molar-refractivity contribution in [3.63, 3.8) is 0 Å². The standard InChI is InChI=1S/C7H7NO2.C2H4O3.Ti/c8-6-4-2-1-3-5(6)7(9)10;3-1-2(4)5;/h1-4H,8H2,(H,9,10);3H,1H2,(H,4,5);. The summed E-state index contributed by atoms with van der Waals surface area (Å²) in [5.74, 6) is -2.18. The molecule has 5 N–H and O–H groups in total. The largest absolute Gasteiger partial charge is 0.480 e. The zero-order valence-electron chi connectivity index (χ0n) is 8.25. The quantitative estimate of drug-likeness (QED) is 0.440. The first-order valence-electron chi connectivity index (χ1n) is 3.89. The fraction of sp³-hybridized carbons (Fsp3) is 0.111. The number of carboxylic acids is 2. The predicted octanol–water partition coefficient (Wildman–Crippen LogP) is 0.0278. The van der Waals surface area contributed by atoms with Crippen molar-refractivity contribution in [1.29, 1.82) is 0 Å². The van der Waals surface area contributed by atoms with Crippen molar-refractivity contribution in [2.24, 2.45) is 0 Å². The summed E-state index contributed by atoms with van der Waals surface area (Å²) in [6.45, 7) is -0.778. The number of rotatable bonds is 2. The molecule has 0 spiro atoms. The van der Waals surface area contributed by atoms with Crippen LogP contribution in [0.5, 0.6) is 0 Å². The van der Waals surface area contributed by atoms with Crippen molar-refractivity contribution in [3.05, 3.63) is 29.8 Å². The summed E-state index contributed by atoms with van der Waals surface area (Å²) in [4.78, 5) is 19.5. The number of aliphatic hydroxyl groups excluding tert-OH is 1. The second-order valence-corrected chi connectivity index (χ2v) is 2.44. The SMILES string of the molecule is Nc1ccccc1C(=O)O.O=C(O)CO.[Ti]. The summed E-state index contributed by atoms with van der Waals surface area (Å²) in [5.41, 5.74) is 5.80. The molecule has 6 nitrogen and oxygen atoms in total. The van der Waals surface area contributed by atoms with Gasteiger partial charge in [-0.3, -0.25) is 0 Å². The molecule has 1 aromatic carbocycles. The maximum absolute atomic E-state index is 10.3. The fourth-order valence-corrected chi connectivity index (χ4v) is 0.692. The van der Waals surface area contributed by atoms with Crippen LogP contribution in [0.2, 0.25) is 0 Å². The number of aromatic carboxylic acids is 1. The molecule has 0 unspecified atom stereocenters. The van der Waals surface area contributed by atoms with Gasteiger partial charge in [-0.15, -0.1) is 0 Å². The Morgan fingerprint density at radius 2 is 1.62 bits per heavy atom. The van der Waals surface area contributed by atoms with Crippen molar-refractivity contribution in [2.45, 2.75) is 0 Å². The van der Waals surface area contributed by atoms with Crippen LogP contribution in [0.1, 0.15) is 10.4 Å². The molecule has 7 heteroatoms. The molecular formula is C9H11NO5Ti. The summed E-state index contributed by atoms with van der Waals surface area (Å²) in [5, 5.41) is 23.5. The molecular weight excluding hydrogens is 250 g/mol. The summed E-state index contributed by atoms with van der Waals surface area (Å²) in [6.07, 6.45) is 0. The Labute approximate surface area is 107 Å². The van der Waals surface area contributed by atoms with E-state index in [-0.39, 0.29) is 27.3 Å². The Hall–Kier alpha value is -1.37. The topological polar surface area (TPSA) is 121 Å². The van der Waals surface area contributed by atoms with E-state index in [9.17, 15) is 4.79 Å². The van der Waals surface area contributed by atoms with Gasteiger partial charge in [-0.25, -0.2) is 9.59 Å². The maximum atomic E-state index is 10.3. The molecule has 0 aliphatic heterocycles. The van der Waals surface area contributed by atoms with Crippen LogP contribution in [0.4, 0.5) is 5.69 Å². The van der Waals surface area contributed by atoms with Gasteiger partial charge in [0.05, 0.1) is 5.56 Å². The first-order valence-corrected chi connectivity index (χ1v) is 3.89. The molecule has 0 saturated heterocycles. The molecule has 0 saturated carbocycles. The number of aliphatic carboxylic acids is 1. The third kappa shape index (κ3) is 7.00. The molecule has 0 heterocycles. The van der Waals surface area contributed by atoms with Crippen LogP contribution in [0.25, 0.3) is 0 Å². The van der Waals surface area contributed by atoms with Crippen LogP contribution in [-0.2, 0) is 26.5 Å². The molecule has 0 amide bonds. The van der Waals surface area contributed by atoms with Gasteiger partial charge >= 0.3 is 11.9 Å². The van der Waals surface area contributed by atoms with Gasteiger partial charge in [-0.05, 0) is 12.1 Å². The van der Waals surface area contributed by atoms with Gasteiger partial charge < -0.3 is 21.1 Å². The Morgan fingerprint density at radius 3 is 1.88 bits per heavy atom. The number of anilines is 1. The van der Waals surface area contributed by atoms with Crippen LogP contribution < -0.4 is 5.73 Å². The minimum Gasteiger partial charge on any atom is -0.480 e. The number of para-hydroxylation sites is 1. The zero-order valence-corrected chi connectivity index (χ0v) is 9.81. The number of nitrogen functional groups attached to an aromatic ring is 1. The van der Waals surface area contributed by atoms with Crippen LogP contribution in [-0.4, -0.2) is 33.9 Å². The Bertz CT molecular complexity index is 356. The zero-order chi connectivity index (χ0) is 11.8.